The summed E-state index contributed by atoms with van der Waals surface area (Å²) in [6.45, 7) is 5.33. The first-order valence-corrected chi connectivity index (χ1v) is 11.1. The third kappa shape index (κ3) is 4.45. The molecule has 31 heavy (non-hydrogen) atoms. The molecule has 4 rings (SSSR count). The molecule has 1 aromatic carbocycles. The van der Waals surface area contributed by atoms with Gasteiger partial charge in [0.2, 0.25) is 5.95 Å². The Bertz CT molecular complexity index is 937. The summed E-state index contributed by atoms with van der Waals surface area (Å²) < 4.78 is 0. The van der Waals surface area contributed by atoms with Crippen LogP contribution in [0, 0.1) is 0 Å². The van der Waals surface area contributed by atoms with Crippen LogP contribution in [-0.4, -0.2) is 64.3 Å². The number of rotatable bonds is 8. The van der Waals surface area contributed by atoms with Crippen molar-refractivity contribution in [2.24, 2.45) is 0 Å². The number of hydrogen-bond acceptors (Lipinski definition) is 6. The highest BCUT2D eigenvalue weighted by Gasteiger charge is 2.41. The third-order valence-electron chi connectivity index (χ3n) is 5.87. The van der Waals surface area contributed by atoms with Gasteiger partial charge in [0.25, 0.3) is 11.8 Å². The van der Waals surface area contributed by atoms with Crippen LogP contribution in [-0.2, 0) is 9.59 Å². The molecule has 0 aliphatic carbocycles. The molecule has 0 unspecified atom stereocenters. The van der Waals surface area contributed by atoms with Crippen molar-refractivity contribution >= 4 is 23.3 Å². The Morgan fingerprint density at radius 1 is 0.806 bits per heavy atom. The minimum absolute atomic E-state index is 0.162. The van der Waals surface area contributed by atoms with Gasteiger partial charge in [0, 0.05) is 45.1 Å². The Balaban J connectivity index is 1.56. The molecule has 0 atom stereocenters. The minimum Gasteiger partial charge on any atom is -0.363 e. The normalized spacial score (nSPS) is 17.1. The molecule has 7 nitrogen and oxygen atoms in total. The molecule has 1 saturated heterocycles. The Hall–Kier alpha value is -3.22. The molecule has 0 saturated carbocycles. The van der Waals surface area contributed by atoms with Crippen molar-refractivity contribution in [3.05, 3.63) is 60.1 Å². The number of carbonyl (C=O) groups is 2. The molecule has 0 radical (unpaired) electrons. The van der Waals surface area contributed by atoms with E-state index < -0.39 is 0 Å². The van der Waals surface area contributed by atoms with Gasteiger partial charge in [-0.15, -0.1) is 0 Å². The van der Waals surface area contributed by atoms with Gasteiger partial charge in [0.1, 0.15) is 5.70 Å². The quantitative estimate of drug-likeness (QED) is 0.484. The summed E-state index contributed by atoms with van der Waals surface area (Å²) in [5.41, 5.74) is 1.88. The van der Waals surface area contributed by atoms with Crippen molar-refractivity contribution < 1.29 is 9.59 Å². The molecule has 0 N–H and O–H groups in total. The smallest absolute Gasteiger partial charge is 0.277 e. The maximum absolute atomic E-state index is 13.4. The van der Waals surface area contributed by atoms with E-state index in [1.165, 1.54) is 4.90 Å². The fourth-order valence-corrected chi connectivity index (χ4v) is 4.21. The van der Waals surface area contributed by atoms with Gasteiger partial charge >= 0.3 is 0 Å². The highest BCUT2D eigenvalue weighted by molar-refractivity contribution is 6.35. The largest absolute Gasteiger partial charge is 0.363 e. The van der Waals surface area contributed by atoms with Gasteiger partial charge in [0.15, 0.2) is 0 Å². The Morgan fingerprint density at radius 3 is 2.16 bits per heavy atom. The Morgan fingerprint density at radius 2 is 1.48 bits per heavy atom. The van der Waals surface area contributed by atoms with E-state index in [-0.39, 0.29) is 11.8 Å². The number of hydrogen-bond donors (Lipinski definition) is 0. The fraction of sp³-hybridized carbons (Fsp3) is 0.417. The molecule has 1 aromatic heterocycles. The zero-order valence-corrected chi connectivity index (χ0v) is 18.0. The highest BCUT2D eigenvalue weighted by atomic mass is 16.2. The highest BCUT2D eigenvalue weighted by Crippen LogP contribution is 2.32. The molecule has 0 bridgehead atoms. The number of anilines is 1. The van der Waals surface area contributed by atoms with Crippen molar-refractivity contribution in [2.45, 2.75) is 32.6 Å². The summed E-state index contributed by atoms with van der Waals surface area (Å²) in [5, 5.41) is 0. The van der Waals surface area contributed by atoms with E-state index in [9.17, 15) is 9.59 Å². The predicted octanol–water partition coefficient (Wildman–Crippen LogP) is 2.96. The number of unbranched alkanes of at least 4 members (excludes halogenated alkanes) is 3. The average Bonchev–Trinajstić information content (AvgIpc) is 3.07. The zero-order valence-electron chi connectivity index (χ0n) is 18.0. The van der Waals surface area contributed by atoms with Crippen LogP contribution in [0.3, 0.4) is 0 Å². The van der Waals surface area contributed by atoms with Gasteiger partial charge in [-0.25, -0.2) is 9.97 Å². The van der Waals surface area contributed by atoms with Crippen molar-refractivity contribution in [3.8, 4) is 0 Å². The minimum atomic E-state index is -0.170. The first-order valence-electron chi connectivity index (χ1n) is 11.1. The van der Waals surface area contributed by atoms with Crippen LogP contribution in [0.2, 0.25) is 0 Å². The number of piperazine rings is 1. The molecule has 2 aliphatic rings. The van der Waals surface area contributed by atoms with Crippen LogP contribution in [0.5, 0.6) is 0 Å². The Kier molecular flexibility index (Phi) is 6.60. The SMILES string of the molecule is CCCCCCN1C(=O)C(c2ccccc2)=C(N2CCN(c3ncccn3)CC2)C1=O. The van der Waals surface area contributed by atoms with Crippen molar-refractivity contribution in [3.63, 3.8) is 0 Å². The van der Waals surface area contributed by atoms with Crippen LogP contribution in [0.25, 0.3) is 5.57 Å². The van der Waals surface area contributed by atoms with Crippen LogP contribution >= 0.6 is 0 Å². The van der Waals surface area contributed by atoms with Gasteiger partial charge in [-0.2, -0.15) is 0 Å². The summed E-state index contributed by atoms with van der Waals surface area (Å²) in [7, 11) is 0. The van der Waals surface area contributed by atoms with Gasteiger partial charge in [-0.1, -0.05) is 56.5 Å². The standard InChI is InChI=1S/C24H29N5O2/c1-2-3-4-8-14-29-22(30)20(19-10-6-5-7-11-19)21(23(29)31)27-15-17-28(18-16-27)24-25-12-9-13-26-24/h5-7,9-13H,2-4,8,14-18H2,1H3. The van der Waals surface area contributed by atoms with Gasteiger partial charge < -0.3 is 9.80 Å². The van der Waals surface area contributed by atoms with E-state index >= 15 is 0 Å². The number of nitrogens with zero attached hydrogens (tertiary/aromatic N) is 5. The summed E-state index contributed by atoms with van der Waals surface area (Å²) in [6.07, 6.45) is 7.58. The average molecular weight is 420 g/mol. The molecule has 2 aliphatic heterocycles. The second-order valence-electron chi connectivity index (χ2n) is 7.94. The van der Waals surface area contributed by atoms with Crippen molar-refractivity contribution in [1.82, 2.24) is 19.8 Å². The van der Waals surface area contributed by atoms with Gasteiger partial charge in [-0.05, 0) is 18.1 Å². The zero-order chi connectivity index (χ0) is 21.6. The van der Waals surface area contributed by atoms with Crippen molar-refractivity contribution in [1.29, 1.82) is 0 Å². The maximum atomic E-state index is 13.4. The predicted molar refractivity (Wildman–Crippen MR) is 120 cm³/mol. The van der Waals surface area contributed by atoms with E-state index in [0.29, 0.717) is 49.9 Å². The van der Waals surface area contributed by atoms with E-state index in [2.05, 4.69) is 26.7 Å². The lowest BCUT2D eigenvalue weighted by Crippen LogP contribution is -2.48. The lowest BCUT2D eigenvalue weighted by molar-refractivity contribution is -0.137. The van der Waals surface area contributed by atoms with Crippen LogP contribution in [0.1, 0.15) is 38.2 Å². The van der Waals surface area contributed by atoms with E-state index in [1.807, 2.05) is 30.3 Å². The molecule has 162 valence electrons. The summed E-state index contributed by atoms with van der Waals surface area (Å²) in [5.74, 6) is 0.368. The molecule has 1 fully saturated rings. The number of benzene rings is 1. The van der Waals surface area contributed by atoms with Crippen LogP contribution < -0.4 is 4.90 Å². The lowest BCUT2D eigenvalue weighted by Gasteiger charge is -2.36. The molecule has 7 heteroatoms. The summed E-state index contributed by atoms with van der Waals surface area (Å²) in [6, 6.07) is 11.4. The first-order chi connectivity index (χ1) is 15.2. The summed E-state index contributed by atoms with van der Waals surface area (Å²) in [4.78, 5) is 41.0. The van der Waals surface area contributed by atoms with Crippen LogP contribution in [0.4, 0.5) is 5.95 Å². The molecule has 0 spiro atoms. The second-order valence-corrected chi connectivity index (χ2v) is 7.94. The number of carbonyl (C=O) groups excluding carboxylic acids is 2. The first kappa shape index (κ1) is 21.0. The molecular weight excluding hydrogens is 390 g/mol. The monoisotopic (exact) mass is 419 g/mol. The topological polar surface area (TPSA) is 69.6 Å². The second kappa shape index (κ2) is 9.73. The number of amides is 2. The van der Waals surface area contributed by atoms with Gasteiger partial charge in [-0.3, -0.25) is 14.5 Å². The van der Waals surface area contributed by atoms with E-state index in [1.54, 1.807) is 18.5 Å². The van der Waals surface area contributed by atoms with E-state index in [0.717, 1.165) is 31.2 Å². The third-order valence-corrected chi connectivity index (χ3v) is 5.87. The van der Waals surface area contributed by atoms with Crippen molar-refractivity contribution in [2.75, 3.05) is 37.6 Å². The van der Waals surface area contributed by atoms with E-state index in [4.69, 9.17) is 0 Å². The van der Waals surface area contributed by atoms with Gasteiger partial charge in [0.05, 0.1) is 5.57 Å². The van der Waals surface area contributed by atoms with Crippen LogP contribution in [0.15, 0.2) is 54.5 Å². The lowest BCUT2D eigenvalue weighted by atomic mass is 10.0. The Labute approximate surface area is 183 Å². The summed E-state index contributed by atoms with van der Waals surface area (Å²) >= 11 is 0. The maximum Gasteiger partial charge on any atom is 0.277 e. The molecule has 2 aromatic rings. The molecule has 3 heterocycles. The molecular formula is C24H29N5O2. The molecule has 2 amide bonds. The number of imide groups is 1. The fourth-order valence-electron chi connectivity index (χ4n) is 4.21. The number of aromatic nitrogens is 2.